The van der Waals surface area contributed by atoms with E-state index >= 15 is 0 Å². The second kappa shape index (κ2) is 6.64. The van der Waals surface area contributed by atoms with E-state index in [0.29, 0.717) is 19.6 Å². The van der Waals surface area contributed by atoms with Gasteiger partial charge in [-0.05, 0) is 18.4 Å². The summed E-state index contributed by atoms with van der Waals surface area (Å²) in [7, 11) is 0. The molecule has 1 atom stereocenters. The molecule has 1 aromatic heterocycles. The summed E-state index contributed by atoms with van der Waals surface area (Å²) in [5, 5.41) is 14.9. The molecule has 1 N–H and O–H groups in total. The van der Waals surface area contributed by atoms with Crippen LogP contribution in [-0.2, 0) is 12.3 Å². The van der Waals surface area contributed by atoms with Crippen molar-refractivity contribution in [2.75, 3.05) is 18.0 Å². The number of anilines is 1. The van der Waals surface area contributed by atoms with E-state index in [1.807, 2.05) is 52.1 Å². The van der Waals surface area contributed by atoms with Gasteiger partial charge >= 0.3 is 5.95 Å². The predicted molar refractivity (Wildman–Crippen MR) is 85.4 cm³/mol. The molecule has 0 amide bonds. The average Bonchev–Trinajstić information content (AvgIpc) is 2.89. The number of benzene rings is 1. The van der Waals surface area contributed by atoms with Crippen molar-refractivity contribution in [2.24, 2.45) is 5.11 Å². The summed E-state index contributed by atoms with van der Waals surface area (Å²) < 4.78 is 1.96. The molecule has 0 fully saturated rings. The van der Waals surface area contributed by atoms with Gasteiger partial charge in [0, 0.05) is 23.1 Å². The van der Waals surface area contributed by atoms with Crippen LogP contribution in [0.2, 0.25) is 0 Å². The zero-order valence-corrected chi connectivity index (χ0v) is 12.8. The van der Waals surface area contributed by atoms with Gasteiger partial charge in [0.25, 0.3) is 0 Å². The van der Waals surface area contributed by atoms with Gasteiger partial charge in [-0.15, -0.1) is 0 Å². The maximum atomic E-state index is 11.3. The maximum absolute atomic E-state index is 11.3. The van der Waals surface area contributed by atoms with Crippen LogP contribution in [0.3, 0.4) is 0 Å². The Labute approximate surface area is 134 Å². The van der Waals surface area contributed by atoms with E-state index in [4.69, 9.17) is 5.53 Å². The van der Waals surface area contributed by atoms with Crippen molar-refractivity contribution in [3.8, 4) is 0 Å². The maximum Gasteiger partial charge on any atom is 0.396 e. The third-order valence-corrected chi connectivity index (χ3v) is 4.07. The molecule has 0 aliphatic carbocycles. The van der Waals surface area contributed by atoms with Crippen molar-refractivity contribution < 1.29 is 9.67 Å². The van der Waals surface area contributed by atoms with E-state index in [0.717, 1.165) is 24.4 Å². The number of rotatable bonds is 6. The molecule has 0 saturated heterocycles. The van der Waals surface area contributed by atoms with Crippen molar-refractivity contribution in [2.45, 2.75) is 25.1 Å². The molecule has 0 radical (unpaired) electrons. The van der Waals surface area contributed by atoms with Crippen molar-refractivity contribution in [1.29, 1.82) is 0 Å². The van der Waals surface area contributed by atoms with Crippen LogP contribution in [0.15, 0.2) is 53.9 Å². The van der Waals surface area contributed by atoms with Crippen LogP contribution < -0.4 is 9.47 Å². The summed E-state index contributed by atoms with van der Waals surface area (Å²) in [5.74, 6) is 0.752. The van der Waals surface area contributed by atoms with Crippen LogP contribution >= 0.6 is 0 Å². The van der Waals surface area contributed by atoms with Crippen LogP contribution in [0.1, 0.15) is 18.4 Å². The van der Waals surface area contributed by atoms with Gasteiger partial charge in [-0.2, -0.15) is 0 Å². The topological polar surface area (TPSA) is 89.0 Å². The summed E-state index contributed by atoms with van der Waals surface area (Å²) in [5.41, 5.74) is 8.07. The van der Waals surface area contributed by atoms with Crippen molar-refractivity contribution in [1.82, 2.24) is 4.98 Å². The van der Waals surface area contributed by atoms with Gasteiger partial charge < -0.3 is 5.11 Å². The summed E-state index contributed by atoms with van der Waals surface area (Å²) in [4.78, 5) is 9.12. The lowest BCUT2D eigenvalue weighted by Crippen LogP contribution is -2.46. The highest BCUT2D eigenvalue weighted by Crippen LogP contribution is 2.33. The number of aliphatic hydroxyl groups is 1. The van der Waals surface area contributed by atoms with Crippen LogP contribution in [0.4, 0.5) is 5.95 Å². The fourth-order valence-corrected chi connectivity index (χ4v) is 2.96. The van der Waals surface area contributed by atoms with Crippen LogP contribution in [0, 0.1) is 0 Å². The van der Waals surface area contributed by atoms with E-state index in [-0.39, 0.29) is 0 Å². The largest absolute Gasteiger partial charge is 0.396 e. The van der Waals surface area contributed by atoms with Crippen LogP contribution in [-0.4, -0.2) is 23.2 Å². The molecule has 1 aliphatic rings. The second-order valence-corrected chi connectivity index (χ2v) is 5.54. The zero-order chi connectivity index (χ0) is 16.1. The van der Waals surface area contributed by atoms with Crippen LogP contribution in [0.25, 0.3) is 10.4 Å². The number of aromatic nitrogens is 2. The summed E-state index contributed by atoms with van der Waals surface area (Å²) >= 11 is 0. The standard InChI is InChI=1S/C16H19N6O/c17-20-19-10-4-5-12-22-15-18-9-6-11-21(15)13-16(22,23)14-7-2-1-3-8-14/h1-3,6-9,11,23H,4-5,10,12-13H2/q+1. The molecule has 1 aliphatic heterocycles. The fraction of sp³-hybridized carbons (Fsp3) is 0.375. The Morgan fingerprint density at radius 1 is 1.30 bits per heavy atom. The summed E-state index contributed by atoms with van der Waals surface area (Å²) in [6, 6.07) is 11.5. The van der Waals surface area contributed by atoms with Gasteiger partial charge in [0.1, 0.15) is 12.7 Å². The Kier molecular flexibility index (Phi) is 4.41. The lowest BCUT2D eigenvalue weighted by Gasteiger charge is -2.28. The zero-order valence-electron chi connectivity index (χ0n) is 12.8. The van der Waals surface area contributed by atoms with Gasteiger partial charge in [-0.25, -0.2) is 9.47 Å². The molecule has 1 unspecified atom stereocenters. The summed E-state index contributed by atoms with van der Waals surface area (Å²) in [6.07, 6.45) is 5.24. The SMILES string of the molecule is [N-]=[N+]=NCCCCN1c2nccc[n+]2CC1(O)c1ccccc1. The van der Waals surface area contributed by atoms with Gasteiger partial charge in [-0.1, -0.05) is 40.4 Å². The first-order chi connectivity index (χ1) is 11.3. The lowest BCUT2D eigenvalue weighted by atomic mass is 10.0. The third kappa shape index (κ3) is 2.97. The van der Waals surface area contributed by atoms with E-state index in [2.05, 4.69) is 15.0 Å². The first-order valence-electron chi connectivity index (χ1n) is 7.66. The Balaban J connectivity index is 1.85. The normalized spacial score (nSPS) is 19.3. The Bertz CT molecular complexity index is 716. The van der Waals surface area contributed by atoms with Gasteiger partial charge in [0.05, 0.1) is 12.7 Å². The lowest BCUT2D eigenvalue weighted by molar-refractivity contribution is -0.685. The highest BCUT2D eigenvalue weighted by Gasteiger charge is 2.50. The molecule has 118 valence electrons. The smallest absolute Gasteiger partial charge is 0.353 e. The van der Waals surface area contributed by atoms with Crippen molar-refractivity contribution in [3.63, 3.8) is 0 Å². The van der Waals surface area contributed by atoms with Gasteiger partial charge in [-0.3, -0.25) is 0 Å². The van der Waals surface area contributed by atoms with E-state index < -0.39 is 5.72 Å². The molecule has 2 heterocycles. The molecule has 0 spiro atoms. The van der Waals surface area contributed by atoms with E-state index in [1.54, 1.807) is 6.20 Å². The minimum atomic E-state index is -1.11. The molecule has 2 aromatic rings. The first kappa shape index (κ1) is 15.3. The first-order valence-corrected chi connectivity index (χ1v) is 7.66. The minimum absolute atomic E-state index is 0.441. The van der Waals surface area contributed by atoms with Gasteiger partial charge in [0.2, 0.25) is 5.72 Å². The molecule has 7 nitrogen and oxygen atoms in total. The Morgan fingerprint density at radius 2 is 2.13 bits per heavy atom. The molecule has 23 heavy (non-hydrogen) atoms. The number of azide groups is 1. The van der Waals surface area contributed by atoms with E-state index in [9.17, 15) is 5.11 Å². The number of unbranched alkanes of at least 4 members (excludes halogenated alkanes) is 1. The molecular formula is C16H19N6O+. The molecular weight excluding hydrogens is 292 g/mol. The monoisotopic (exact) mass is 311 g/mol. The molecule has 3 rings (SSSR count). The minimum Gasteiger partial charge on any atom is -0.353 e. The Morgan fingerprint density at radius 3 is 2.91 bits per heavy atom. The van der Waals surface area contributed by atoms with Gasteiger partial charge in [0.15, 0.2) is 0 Å². The molecule has 1 aromatic carbocycles. The van der Waals surface area contributed by atoms with E-state index in [1.165, 1.54) is 0 Å². The Hall–Kier alpha value is -2.63. The highest BCUT2D eigenvalue weighted by molar-refractivity contribution is 5.37. The molecule has 0 saturated carbocycles. The van der Waals surface area contributed by atoms with Crippen molar-refractivity contribution >= 4 is 5.95 Å². The van der Waals surface area contributed by atoms with Crippen LogP contribution in [0.5, 0.6) is 0 Å². The highest BCUT2D eigenvalue weighted by atomic mass is 16.3. The van der Waals surface area contributed by atoms with Crippen molar-refractivity contribution in [3.05, 3.63) is 64.8 Å². The molecule has 0 bridgehead atoms. The fourth-order valence-electron chi connectivity index (χ4n) is 2.96. The second-order valence-electron chi connectivity index (χ2n) is 5.54. The predicted octanol–water partition coefficient (Wildman–Crippen LogP) is 2.12. The number of fused-ring (bicyclic) bond motifs is 1. The molecule has 7 heteroatoms. The number of hydrogen-bond donors (Lipinski definition) is 1. The average molecular weight is 311 g/mol. The summed E-state index contributed by atoms with van der Waals surface area (Å²) in [6.45, 7) is 1.55. The third-order valence-electron chi connectivity index (χ3n) is 4.07. The quantitative estimate of drug-likeness (QED) is 0.291. The number of hydrogen-bond acceptors (Lipinski definition) is 4. The number of nitrogens with zero attached hydrogens (tertiary/aromatic N) is 6.